The summed E-state index contributed by atoms with van der Waals surface area (Å²) < 4.78 is 11.6. The van der Waals surface area contributed by atoms with E-state index in [4.69, 9.17) is 9.47 Å². The van der Waals surface area contributed by atoms with E-state index in [1.165, 1.54) is 5.56 Å². The molecule has 1 aromatic heterocycles. The number of nitrogens with zero attached hydrogens (tertiary/aromatic N) is 4. The largest absolute Gasteiger partial charge is 0.497 e. The first-order valence-corrected chi connectivity index (χ1v) is 12.2. The molecule has 1 saturated heterocycles. The Morgan fingerprint density at radius 3 is 2.64 bits per heavy atom. The lowest BCUT2D eigenvalue weighted by atomic mass is 10.1. The molecule has 1 aliphatic rings. The molecule has 0 unspecified atom stereocenters. The van der Waals surface area contributed by atoms with Crippen LogP contribution in [-0.4, -0.2) is 71.0 Å². The summed E-state index contributed by atoms with van der Waals surface area (Å²) in [6.45, 7) is 1.78. The second kappa shape index (κ2) is 12.8. The Balaban J connectivity index is 1.43. The van der Waals surface area contributed by atoms with Crippen molar-refractivity contribution < 1.29 is 19.1 Å². The molecule has 8 heteroatoms. The summed E-state index contributed by atoms with van der Waals surface area (Å²) in [7, 11) is 1.63. The number of benzene rings is 2. The van der Waals surface area contributed by atoms with Gasteiger partial charge in [0, 0.05) is 44.6 Å². The van der Waals surface area contributed by atoms with Gasteiger partial charge >= 0.3 is 0 Å². The fraction of sp³-hybridized carbons (Fsp3) is 0.357. The third kappa shape index (κ3) is 7.36. The first-order valence-electron chi connectivity index (χ1n) is 12.2. The molecule has 0 spiro atoms. The van der Waals surface area contributed by atoms with Gasteiger partial charge in [-0.1, -0.05) is 42.5 Å². The molecule has 0 radical (unpaired) electrons. The van der Waals surface area contributed by atoms with Gasteiger partial charge in [-0.05, 0) is 36.1 Å². The molecule has 1 aliphatic heterocycles. The fourth-order valence-corrected chi connectivity index (χ4v) is 4.23. The van der Waals surface area contributed by atoms with Crippen LogP contribution >= 0.6 is 0 Å². The molecule has 2 aromatic carbocycles. The highest BCUT2D eigenvalue weighted by molar-refractivity contribution is 5.85. The van der Waals surface area contributed by atoms with Gasteiger partial charge in [0.25, 0.3) is 0 Å². The van der Waals surface area contributed by atoms with E-state index in [1.54, 1.807) is 30.6 Å². The third-order valence-electron chi connectivity index (χ3n) is 6.22. The minimum absolute atomic E-state index is 0.0487. The highest BCUT2D eigenvalue weighted by atomic mass is 16.5. The predicted octanol–water partition coefficient (Wildman–Crippen LogP) is 2.92. The lowest BCUT2D eigenvalue weighted by Gasteiger charge is -2.25. The van der Waals surface area contributed by atoms with Crippen molar-refractivity contribution in [2.24, 2.45) is 0 Å². The molecule has 1 fully saturated rings. The topological polar surface area (TPSA) is 84.9 Å². The van der Waals surface area contributed by atoms with Crippen LogP contribution in [0.25, 0.3) is 0 Å². The normalized spacial score (nSPS) is 16.0. The highest BCUT2D eigenvalue weighted by Gasteiger charge is 2.30. The molecule has 0 bridgehead atoms. The van der Waals surface area contributed by atoms with Gasteiger partial charge in [0.1, 0.15) is 5.75 Å². The molecule has 0 aliphatic carbocycles. The van der Waals surface area contributed by atoms with E-state index < -0.39 is 0 Å². The predicted molar refractivity (Wildman–Crippen MR) is 135 cm³/mol. The van der Waals surface area contributed by atoms with Gasteiger partial charge in [-0.25, -0.2) is 0 Å². The van der Waals surface area contributed by atoms with Gasteiger partial charge in [-0.2, -0.15) is 0 Å². The van der Waals surface area contributed by atoms with Crippen LogP contribution in [0.15, 0.2) is 73.2 Å². The number of ether oxygens (including phenoxy) is 2. The number of hydrogen-bond acceptors (Lipinski definition) is 6. The molecule has 36 heavy (non-hydrogen) atoms. The molecule has 3 aromatic rings. The minimum atomic E-state index is -0.307. The molecule has 0 N–H and O–H groups in total. The number of aromatic nitrogens is 2. The maximum atomic E-state index is 13.2. The quantitative estimate of drug-likeness (QED) is 0.436. The Labute approximate surface area is 211 Å². The first kappa shape index (κ1) is 25.3. The average molecular weight is 489 g/mol. The number of aryl methyl sites for hydroxylation is 1. The Morgan fingerprint density at radius 2 is 1.86 bits per heavy atom. The van der Waals surface area contributed by atoms with Gasteiger partial charge in [-0.15, -0.1) is 0 Å². The second-order valence-electron chi connectivity index (χ2n) is 8.83. The summed E-state index contributed by atoms with van der Waals surface area (Å²) in [6, 6.07) is 17.8. The van der Waals surface area contributed by atoms with Gasteiger partial charge in [-0.3, -0.25) is 19.6 Å². The molecule has 4 rings (SSSR count). The number of amides is 2. The van der Waals surface area contributed by atoms with E-state index in [-0.39, 0.29) is 30.9 Å². The maximum absolute atomic E-state index is 13.2. The van der Waals surface area contributed by atoms with Crippen molar-refractivity contribution in [3.8, 4) is 5.75 Å². The number of rotatable bonds is 10. The zero-order chi connectivity index (χ0) is 25.2. The third-order valence-corrected chi connectivity index (χ3v) is 6.22. The van der Waals surface area contributed by atoms with Gasteiger partial charge < -0.3 is 19.3 Å². The van der Waals surface area contributed by atoms with Gasteiger partial charge in [0.2, 0.25) is 11.8 Å². The van der Waals surface area contributed by atoms with E-state index >= 15 is 0 Å². The Morgan fingerprint density at radius 1 is 1.03 bits per heavy atom. The number of carbonyl (C=O) groups excluding carboxylic acids is 2. The maximum Gasteiger partial charge on any atom is 0.242 e. The van der Waals surface area contributed by atoms with Crippen molar-refractivity contribution in [1.29, 1.82) is 0 Å². The van der Waals surface area contributed by atoms with Crippen molar-refractivity contribution in [3.63, 3.8) is 0 Å². The molecule has 2 amide bonds. The van der Waals surface area contributed by atoms with E-state index in [1.807, 2.05) is 47.4 Å². The molecular weight excluding hydrogens is 456 g/mol. The Hall–Kier alpha value is -3.78. The van der Waals surface area contributed by atoms with Crippen LogP contribution in [0, 0.1) is 0 Å². The molecule has 0 saturated carbocycles. The smallest absolute Gasteiger partial charge is 0.242 e. The summed E-state index contributed by atoms with van der Waals surface area (Å²) in [4.78, 5) is 38.0. The zero-order valence-corrected chi connectivity index (χ0v) is 20.6. The van der Waals surface area contributed by atoms with Crippen LogP contribution < -0.4 is 4.74 Å². The number of hydrogen-bond donors (Lipinski definition) is 0. The van der Waals surface area contributed by atoms with Crippen molar-refractivity contribution in [3.05, 3.63) is 90.0 Å². The lowest BCUT2D eigenvalue weighted by Crippen LogP contribution is -2.40. The molecule has 1 atom stereocenters. The molecule has 8 nitrogen and oxygen atoms in total. The number of carbonyl (C=O) groups is 2. The molecule has 188 valence electrons. The Kier molecular flexibility index (Phi) is 8.99. The summed E-state index contributed by atoms with van der Waals surface area (Å²) in [5, 5.41) is 0. The minimum Gasteiger partial charge on any atom is -0.497 e. The van der Waals surface area contributed by atoms with E-state index in [2.05, 4.69) is 22.1 Å². The average Bonchev–Trinajstić information content (AvgIpc) is 3.09. The van der Waals surface area contributed by atoms with Crippen LogP contribution in [-0.2, 0) is 33.8 Å². The summed E-state index contributed by atoms with van der Waals surface area (Å²) >= 11 is 0. The van der Waals surface area contributed by atoms with E-state index in [0.29, 0.717) is 32.7 Å². The fourth-order valence-electron chi connectivity index (χ4n) is 4.23. The van der Waals surface area contributed by atoms with Crippen molar-refractivity contribution >= 4 is 11.8 Å². The van der Waals surface area contributed by atoms with Crippen LogP contribution in [0.5, 0.6) is 5.75 Å². The van der Waals surface area contributed by atoms with Crippen molar-refractivity contribution in [1.82, 2.24) is 19.8 Å². The van der Waals surface area contributed by atoms with Crippen LogP contribution in [0.4, 0.5) is 0 Å². The van der Waals surface area contributed by atoms with Gasteiger partial charge in [0.05, 0.1) is 32.1 Å². The highest BCUT2D eigenvalue weighted by Crippen LogP contribution is 2.17. The second-order valence-corrected chi connectivity index (χ2v) is 8.83. The summed E-state index contributed by atoms with van der Waals surface area (Å²) in [6.07, 6.45) is 6.05. The van der Waals surface area contributed by atoms with Crippen LogP contribution in [0.1, 0.15) is 23.2 Å². The molecule has 2 heterocycles. The van der Waals surface area contributed by atoms with Crippen LogP contribution in [0.3, 0.4) is 0 Å². The van der Waals surface area contributed by atoms with Gasteiger partial charge in [0.15, 0.2) is 0 Å². The summed E-state index contributed by atoms with van der Waals surface area (Å²) in [5.74, 6) is 0.609. The Bertz CT molecular complexity index is 1130. The SMILES string of the molecule is COc1cccc(CO[C@H]2CN(CCc3ccccc3)C(=O)CN(C(=O)CCc3cnccn3)C2)c1. The lowest BCUT2D eigenvalue weighted by molar-refractivity contribution is -0.138. The molecular formula is C28H32N4O4. The first-order chi connectivity index (χ1) is 17.6. The van der Waals surface area contributed by atoms with E-state index in [9.17, 15) is 9.59 Å². The number of methoxy groups -OCH3 is 1. The zero-order valence-electron chi connectivity index (χ0n) is 20.6. The summed E-state index contributed by atoms with van der Waals surface area (Å²) in [5.41, 5.74) is 2.89. The standard InChI is InChI=1S/C28H32N4O4/c1-35-25-9-5-8-23(16-25)21-36-26-18-31(15-12-22-6-3-2-4-7-22)28(34)20-32(19-26)27(33)11-10-24-17-29-13-14-30-24/h2-9,13-14,16-17,26H,10-12,15,18-21H2,1H3/t26-/m0/s1. The van der Waals surface area contributed by atoms with E-state index in [0.717, 1.165) is 23.4 Å². The van der Waals surface area contributed by atoms with Crippen molar-refractivity contribution in [2.45, 2.75) is 32.0 Å². The van der Waals surface area contributed by atoms with Crippen molar-refractivity contribution in [2.75, 3.05) is 33.3 Å². The monoisotopic (exact) mass is 488 g/mol. The van der Waals surface area contributed by atoms with Crippen LogP contribution in [0.2, 0.25) is 0 Å².